The molecule has 0 saturated heterocycles. The highest BCUT2D eigenvalue weighted by molar-refractivity contribution is 6.09. The summed E-state index contributed by atoms with van der Waals surface area (Å²) in [7, 11) is 2.01. The molecule has 0 aliphatic rings. The first-order valence-electron chi connectivity index (χ1n) is 7.05. The highest BCUT2D eigenvalue weighted by Crippen LogP contribution is 2.30. The van der Waals surface area contributed by atoms with Crippen molar-refractivity contribution in [3.05, 3.63) is 42.5 Å². The zero-order valence-electron chi connectivity index (χ0n) is 12.2. The smallest absolute Gasteiger partial charge is 0.303 e. The van der Waals surface area contributed by atoms with Gasteiger partial charge in [-0.1, -0.05) is 18.2 Å². The van der Waals surface area contributed by atoms with Crippen LogP contribution in [0.2, 0.25) is 0 Å². The molecule has 1 heterocycles. The molecule has 0 saturated carbocycles. The fourth-order valence-corrected chi connectivity index (χ4v) is 2.69. The molecular weight excluding hydrogens is 280 g/mol. The van der Waals surface area contributed by atoms with Gasteiger partial charge in [-0.3, -0.25) is 9.59 Å². The summed E-state index contributed by atoms with van der Waals surface area (Å²) in [5.41, 5.74) is 2.90. The molecule has 2 N–H and O–H groups in total. The van der Waals surface area contributed by atoms with E-state index in [9.17, 15) is 9.59 Å². The van der Waals surface area contributed by atoms with Gasteiger partial charge < -0.3 is 15.0 Å². The molecule has 5 nitrogen and oxygen atoms in total. The maximum atomic E-state index is 11.7. The van der Waals surface area contributed by atoms with Crippen LogP contribution < -0.4 is 5.32 Å². The molecular formula is C17H16N2O3. The summed E-state index contributed by atoms with van der Waals surface area (Å²) < 4.78 is 2.11. The van der Waals surface area contributed by atoms with Crippen LogP contribution in [0.5, 0.6) is 0 Å². The van der Waals surface area contributed by atoms with E-state index in [1.807, 2.05) is 43.4 Å². The van der Waals surface area contributed by atoms with Crippen LogP contribution >= 0.6 is 0 Å². The van der Waals surface area contributed by atoms with E-state index >= 15 is 0 Å². The lowest BCUT2D eigenvalue weighted by Crippen LogP contribution is -2.13. The summed E-state index contributed by atoms with van der Waals surface area (Å²) in [5.74, 6) is -1.26. The number of carboxylic acid groups (broad SMARTS) is 1. The Morgan fingerprint density at radius 1 is 1.05 bits per heavy atom. The maximum absolute atomic E-state index is 11.7. The van der Waals surface area contributed by atoms with Crippen molar-refractivity contribution in [1.82, 2.24) is 4.57 Å². The molecule has 2 aromatic carbocycles. The van der Waals surface area contributed by atoms with Crippen molar-refractivity contribution < 1.29 is 14.7 Å². The van der Waals surface area contributed by atoms with Gasteiger partial charge in [-0.25, -0.2) is 0 Å². The zero-order valence-corrected chi connectivity index (χ0v) is 12.2. The lowest BCUT2D eigenvalue weighted by atomic mass is 10.1. The number of benzene rings is 2. The number of aromatic nitrogens is 1. The average molecular weight is 296 g/mol. The van der Waals surface area contributed by atoms with Crippen molar-refractivity contribution in [1.29, 1.82) is 0 Å². The minimum atomic E-state index is -0.973. The lowest BCUT2D eigenvalue weighted by molar-refractivity contribution is -0.138. The molecule has 0 unspecified atom stereocenters. The predicted molar refractivity (Wildman–Crippen MR) is 85.9 cm³/mol. The zero-order chi connectivity index (χ0) is 15.7. The Morgan fingerprint density at radius 2 is 1.77 bits per heavy atom. The van der Waals surface area contributed by atoms with Gasteiger partial charge in [0.1, 0.15) is 0 Å². The first-order valence-corrected chi connectivity index (χ1v) is 7.05. The number of aliphatic carboxylic acids is 1. The van der Waals surface area contributed by atoms with Crippen LogP contribution in [0.25, 0.3) is 21.8 Å². The van der Waals surface area contributed by atoms with E-state index < -0.39 is 5.97 Å². The number of para-hydroxylation sites is 1. The fraction of sp³-hybridized carbons (Fsp3) is 0.176. The van der Waals surface area contributed by atoms with E-state index in [1.54, 1.807) is 0 Å². The normalized spacial score (nSPS) is 11.0. The lowest BCUT2D eigenvalue weighted by Gasteiger charge is -2.05. The number of carbonyl (C=O) groups is 2. The number of carbonyl (C=O) groups excluding carboxylic acids is 1. The summed E-state index contributed by atoms with van der Waals surface area (Å²) >= 11 is 0. The van der Waals surface area contributed by atoms with Crippen molar-refractivity contribution >= 4 is 39.4 Å². The van der Waals surface area contributed by atoms with Gasteiger partial charge in [-0.05, 0) is 24.3 Å². The molecule has 3 rings (SSSR count). The number of fused-ring (bicyclic) bond motifs is 3. The summed E-state index contributed by atoms with van der Waals surface area (Å²) in [4.78, 5) is 22.2. The minimum absolute atomic E-state index is 0.0249. The number of amides is 1. The number of nitrogens with one attached hydrogen (secondary N) is 1. The molecule has 112 valence electrons. The number of aryl methyl sites for hydroxylation is 1. The number of hydrogen-bond acceptors (Lipinski definition) is 2. The summed E-state index contributed by atoms with van der Waals surface area (Å²) in [6.45, 7) is 0. The van der Waals surface area contributed by atoms with Gasteiger partial charge in [0.15, 0.2) is 0 Å². The molecule has 22 heavy (non-hydrogen) atoms. The van der Waals surface area contributed by atoms with Crippen LogP contribution in [0.1, 0.15) is 12.8 Å². The standard InChI is InChI=1S/C17H16N2O3/c1-19-14-5-3-2-4-12(14)13-10-11(6-7-15(13)19)18-16(20)8-9-17(21)22/h2-7,10H,8-9H2,1H3,(H,18,20)(H,21,22). The van der Waals surface area contributed by atoms with E-state index in [0.29, 0.717) is 5.69 Å². The molecule has 5 heteroatoms. The molecule has 1 aromatic heterocycles. The van der Waals surface area contributed by atoms with Crippen molar-refractivity contribution in [2.24, 2.45) is 7.05 Å². The van der Waals surface area contributed by atoms with Gasteiger partial charge in [-0.2, -0.15) is 0 Å². The third kappa shape index (κ3) is 2.53. The second kappa shape index (κ2) is 5.52. The molecule has 0 aliphatic carbocycles. The number of hydrogen-bond donors (Lipinski definition) is 2. The molecule has 0 spiro atoms. The van der Waals surface area contributed by atoms with Crippen molar-refractivity contribution in [3.8, 4) is 0 Å². The first kappa shape index (κ1) is 14.1. The van der Waals surface area contributed by atoms with Gasteiger partial charge in [-0.15, -0.1) is 0 Å². The predicted octanol–water partition coefficient (Wildman–Crippen LogP) is 3.13. The monoisotopic (exact) mass is 296 g/mol. The minimum Gasteiger partial charge on any atom is -0.481 e. The Kier molecular flexibility index (Phi) is 3.55. The summed E-state index contributed by atoms with van der Waals surface area (Å²) in [5, 5.41) is 13.6. The van der Waals surface area contributed by atoms with E-state index in [1.165, 1.54) is 0 Å². The van der Waals surface area contributed by atoms with E-state index in [2.05, 4.69) is 16.0 Å². The van der Waals surface area contributed by atoms with Crippen molar-refractivity contribution in [2.45, 2.75) is 12.8 Å². The van der Waals surface area contributed by atoms with Crippen molar-refractivity contribution in [3.63, 3.8) is 0 Å². The Bertz CT molecular complexity index is 880. The van der Waals surface area contributed by atoms with Crippen LogP contribution in [0.4, 0.5) is 5.69 Å². The Balaban J connectivity index is 1.94. The van der Waals surface area contributed by atoms with Gasteiger partial charge in [0.2, 0.25) is 5.91 Å². The number of rotatable bonds is 4. The van der Waals surface area contributed by atoms with Crippen LogP contribution in [0.3, 0.4) is 0 Å². The topological polar surface area (TPSA) is 71.3 Å². The molecule has 0 radical (unpaired) electrons. The summed E-state index contributed by atoms with van der Waals surface area (Å²) in [6.07, 6.45) is -0.189. The van der Waals surface area contributed by atoms with Crippen LogP contribution in [-0.2, 0) is 16.6 Å². The Hall–Kier alpha value is -2.82. The van der Waals surface area contributed by atoms with Gasteiger partial charge in [0, 0.05) is 41.0 Å². The van der Waals surface area contributed by atoms with Crippen LogP contribution in [-0.4, -0.2) is 21.6 Å². The third-order valence-corrected chi connectivity index (χ3v) is 3.76. The second-order valence-corrected chi connectivity index (χ2v) is 5.25. The van der Waals surface area contributed by atoms with Gasteiger partial charge in [0.25, 0.3) is 0 Å². The Labute approximate surface area is 127 Å². The molecule has 1 amide bonds. The van der Waals surface area contributed by atoms with Gasteiger partial charge >= 0.3 is 5.97 Å². The van der Waals surface area contributed by atoms with Crippen LogP contribution in [0, 0.1) is 0 Å². The summed E-state index contributed by atoms with van der Waals surface area (Å²) in [6, 6.07) is 13.8. The molecule has 3 aromatic rings. The van der Waals surface area contributed by atoms with E-state index in [4.69, 9.17) is 5.11 Å². The highest BCUT2D eigenvalue weighted by Gasteiger charge is 2.10. The first-order chi connectivity index (χ1) is 10.6. The van der Waals surface area contributed by atoms with E-state index in [-0.39, 0.29) is 18.7 Å². The largest absolute Gasteiger partial charge is 0.481 e. The second-order valence-electron chi connectivity index (χ2n) is 5.25. The SMILES string of the molecule is Cn1c2ccccc2c2cc(NC(=O)CCC(=O)O)ccc21. The Morgan fingerprint density at radius 3 is 2.55 bits per heavy atom. The quantitative estimate of drug-likeness (QED) is 0.777. The number of carboxylic acids is 1. The number of nitrogens with zero attached hydrogens (tertiary/aromatic N) is 1. The molecule has 0 bridgehead atoms. The molecule has 0 atom stereocenters. The van der Waals surface area contributed by atoms with Crippen molar-refractivity contribution in [2.75, 3.05) is 5.32 Å². The maximum Gasteiger partial charge on any atom is 0.303 e. The number of anilines is 1. The average Bonchev–Trinajstić information content (AvgIpc) is 2.79. The molecule has 0 fully saturated rings. The van der Waals surface area contributed by atoms with E-state index in [0.717, 1.165) is 21.8 Å². The third-order valence-electron chi connectivity index (χ3n) is 3.76. The van der Waals surface area contributed by atoms with Crippen LogP contribution in [0.15, 0.2) is 42.5 Å². The fourth-order valence-electron chi connectivity index (χ4n) is 2.69. The highest BCUT2D eigenvalue weighted by atomic mass is 16.4. The molecule has 0 aliphatic heterocycles. The van der Waals surface area contributed by atoms with Gasteiger partial charge in [0.05, 0.1) is 6.42 Å².